The number of carbonyl (C=O) groups is 1. The molecule has 2 N–H and O–H groups in total. The van der Waals surface area contributed by atoms with Crippen LogP contribution >= 0.6 is 0 Å². The van der Waals surface area contributed by atoms with Crippen molar-refractivity contribution in [1.29, 1.82) is 0 Å². The van der Waals surface area contributed by atoms with Crippen LogP contribution in [-0.2, 0) is 0 Å². The normalized spacial score (nSPS) is 10.3. The van der Waals surface area contributed by atoms with Crippen LogP contribution in [0.4, 0.5) is 29.3 Å². The van der Waals surface area contributed by atoms with Crippen molar-refractivity contribution in [3.05, 3.63) is 54.3 Å². The molecule has 4 nitrogen and oxygen atoms in total. The third kappa shape index (κ3) is 4.41. The summed E-state index contributed by atoms with van der Waals surface area (Å²) in [7, 11) is 0. The molecule has 0 bridgehead atoms. The lowest BCUT2D eigenvalue weighted by atomic mass is 10.3. The Morgan fingerprint density at radius 2 is 1.81 bits per heavy atom. The smallest absolute Gasteiger partial charge is 0.387 e. The fourth-order valence-electron chi connectivity index (χ4n) is 1.60. The number of halogens is 3. The zero-order valence-corrected chi connectivity index (χ0v) is 10.6. The molecule has 2 aromatic rings. The number of carbonyl (C=O) groups excluding carboxylic acids is 1. The van der Waals surface area contributed by atoms with E-state index in [0.717, 1.165) is 0 Å². The lowest BCUT2D eigenvalue weighted by Crippen LogP contribution is -2.20. The van der Waals surface area contributed by atoms with Crippen molar-refractivity contribution in [2.45, 2.75) is 6.61 Å². The zero-order chi connectivity index (χ0) is 15.2. The van der Waals surface area contributed by atoms with E-state index in [0.29, 0.717) is 0 Å². The van der Waals surface area contributed by atoms with Gasteiger partial charge in [0.25, 0.3) is 0 Å². The molecule has 0 aliphatic carbocycles. The van der Waals surface area contributed by atoms with Gasteiger partial charge in [-0.15, -0.1) is 0 Å². The minimum absolute atomic E-state index is 0.00925. The number of alkyl halides is 2. The molecule has 0 spiro atoms. The number of nitrogens with one attached hydrogen (secondary N) is 2. The predicted molar refractivity (Wildman–Crippen MR) is 72.1 cm³/mol. The van der Waals surface area contributed by atoms with Gasteiger partial charge in [0.1, 0.15) is 11.6 Å². The number of rotatable bonds is 4. The molecular weight excluding hydrogens is 285 g/mol. The fraction of sp³-hybridized carbons (Fsp3) is 0.0714. The maximum atomic E-state index is 13.4. The van der Waals surface area contributed by atoms with E-state index in [-0.39, 0.29) is 17.1 Å². The van der Waals surface area contributed by atoms with Gasteiger partial charge >= 0.3 is 12.6 Å². The Morgan fingerprint density at radius 3 is 2.52 bits per heavy atom. The molecule has 0 aromatic heterocycles. The number of hydrogen-bond acceptors (Lipinski definition) is 2. The topological polar surface area (TPSA) is 50.4 Å². The monoisotopic (exact) mass is 296 g/mol. The molecule has 2 rings (SSSR count). The second-order valence-corrected chi connectivity index (χ2v) is 3.97. The van der Waals surface area contributed by atoms with Gasteiger partial charge in [0.05, 0.1) is 5.69 Å². The van der Waals surface area contributed by atoms with Crippen molar-refractivity contribution in [1.82, 2.24) is 0 Å². The van der Waals surface area contributed by atoms with E-state index in [2.05, 4.69) is 15.4 Å². The summed E-state index contributed by atoms with van der Waals surface area (Å²) < 4.78 is 41.7. The quantitative estimate of drug-likeness (QED) is 0.893. The summed E-state index contributed by atoms with van der Waals surface area (Å²) in [5, 5.41) is 4.69. The van der Waals surface area contributed by atoms with Gasteiger partial charge in [-0.2, -0.15) is 8.78 Å². The van der Waals surface area contributed by atoms with Crippen LogP contribution in [0.2, 0.25) is 0 Å². The van der Waals surface area contributed by atoms with Gasteiger partial charge in [-0.3, -0.25) is 0 Å². The van der Waals surface area contributed by atoms with Gasteiger partial charge in [0, 0.05) is 11.8 Å². The molecule has 2 amide bonds. The maximum Gasteiger partial charge on any atom is 0.387 e. The van der Waals surface area contributed by atoms with Crippen LogP contribution in [0.25, 0.3) is 0 Å². The minimum Gasteiger partial charge on any atom is -0.435 e. The Kier molecular flexibility index (Phi) is 4.65. The first-order chi connectivity index (χ1) is 10.0. The Morgan fingerprint density at radius 1 is 1.05 bits per heavy atom. The number of para-hydroxylation sites is 1. The molecule has 0 aliphatic heterocycles. The third-order valence-electron chi connectivity index (χ3n) is 2.44. The van der Waals surface area contributed by atoms with E-state index >= 15 is 0 Å². The molecule has 2 aromatic carbocycles. The van der Waals surface area contributed by atoms with E-state index in [1.54, 1.807) is 6.07 Å². The molecule has 7 heteroatoms. The largest absolute Gasteiger partial charge is 0.435 e. The summed E-state index contributed by atoms with van der Waals surface area (Å²) in [6.45, 7) is -2.95. The summed E-state index contributed by atoms with van der Waals surface area (Å²) in [6, 6.07) is 10.4. The van der Waals surface area contributed by atoms with E-state index < -0.39 is 18.5 Å². The van der Waals surface area contributed by atoms with E-state index in [1.807, 2.05) is 0 Å². The SMILES string of the molecule is O=C(Nc1cccc(OC(F)F)c1)Nc1ccccc1F. The summed E-state index contributed by atoms with van der Waals surface area (Å²) in [5.41, 5.74) is 0.247. The number of urea groups is 1. The van der Waals surface area contributed by atoms with Crippen molar-refractivity contribution in [3.8, 4) is 5.75 Å². The van der Waals surface area contributed by atoms with Crippen LogP contribution in [0.5, 0.6) is 5.75 Å². The van der Waals surface area contributed by atoms with Gasteiger partial charge in [0.2, 0.25) is 0 Å². The number of amides is 2. The zero-order valence-electron chi connectivity index (χ0n) is 10.6. The molecule has 0 fully saturated rings. The average molecular weight is 296 g/mol. The fourth-order valence-corrected chi connectivity index (χ4v) is 1.60. The van der Waals surface area contributed by atoms with Crippen LogP contribution in [0, 0.1) is 5.82 Å². The Bertz CT molecular complexity index is 635. The Balaban J connectivity index is 2.01. The molecule has 0 heterocycles. The van der Waals surface area contributed by atoms with Crippen LogP contribution in [-0.4, -0.2) is 12.6 Å². The number of hydrogen-bond donors (Lipinski definition) is 2. The summed E-state index contributed by atoms with van der Waals surface area (Å²) in [6.07, 6.45) is 0. The second kappa shape index (κ2) is 6.65. The number of anilines is 2. The summed E-state index contributed by atoms with van der Waals surface area (Å²) in [4.78, 5) is 11.7. The highest BCUT2D eigenvalue weighted by Gasteiger charge is 2.08. The molecule has 21 heavy (non-hydrogen) atoms. The van der Waals surface area contributed by atoms with Crippen LogP contribution in [0.3, 0.4) is 0 Å². The highest BCUT2D eigenvalue weighted by molar-refractivity contribution is 5.99. The first-order valence-corrected chi connectivity index (χ1v) is 5.92. The lowest BCUT2D eigenvalue weighted by Gasteiger charge is -2.10. The predicted octanol–water partition coefficient (Wildman–Crippen LogP) is 4.07. The summed E-state index contributed by atoms with van der Waals surface area (Å²) >= 11 is 0. The van der Waals surface area contributed by atoms with Gasteiger partial charge < -0.3 is 15.4 Å². The van der Waals surface area contributed by atoms with Crippen LogP contribution < -0.4 is 15.4 Å². The van der Waals surface area contributed by atoms with Gasteiger partial charge in [0.15, 0.2) is 0 Å². The molecule has 110 valence electrons. The van der Waals surface area contributed by atoms with Crippen molar-refractivity contribution >= 4 is 17.4 Å². The van der Waals surface area contributed by atoms with Gasteiger partial charge in [-0.05, 0) is 24.3 Å². The van der Waals surface area contributed by atoms with Crippen molar-refractivity contribution in [2.24, 2.45) is 0 Å². The molecule has 0 saturated carbocycles. The molecule has 0 radical (unpaired) electrons. The first-order valence-electron chi connectivity index (χ1n) is 5.92. The standard InChI is InChI=1S/C14H11F3N2O2/c15-11-6-1-2-7-12(11)19-14(20)18-9-4-3-5-10(8-9)21-13(16)17/h1-8,13H,(H2,18,19,20). The average Bonchev–Trinajstić information content (AvgIpc) is 2.41. The van der Waals surface area contributed by atoms with E-state index in [4.69, 9.17) is 0 Å². The molecule has 0 saturated heterocycles. The van der Waals surface area contributed by atoms with Gasteiger partial charge in [-0.1, -0.05) is 18.2 Å². The lowest BCUT2D eigenvalue weighted by molar-refractivity contribution is -0.0497. The molecule has 0 aliphatic rings. The minimum atomic E-state index is -2.95. The number of ether oxygens (including phenoxy) is 1. The van der Waals surface area contributed by atoms with Crippen LogP contribution in [0.15, 0.2) is 48.5 Å². The van der Waals surface area contributed by atoms with Gasteiger partial charge in [-0.25, -0.2) is 9.18 Å². The molecular formula is C14H11F3N2O2. The maximum absolute atomic E-state index is 13.4. The number of benzene rings is 2. The first kappa shape index (κ1) is 14.7. The second-order valence-electron chi connectivity index (χ2n) is 3.97. The highest BCUT2D eigenvalue weighted by Crippen LogP contribution is 2.20. The van der Waals surface area contributed by atoms with Crippen molar-refractivity contribution in [2.75, 3.05) is 10.6 Å². The van der Waals surface area contributed by atoms with Crippen LogP contribution in [0.1, 0.15) is 0 Å². The van der Waals surface area contributed by atoms with E-state index in [1.165, 1.54) is 42.5 Å². The highest BCUT2D eigenvalue weighted by atomic mass is 19.3. The summed E-state index contributed by atoms with van der Waals surface area (Å²) in [5.74, 6) is -0.670. The molecule has 0 atom stereocenters. The van der Waals surface area contributed by atoms with Crippen molar-refractivity contribution < 1.29 is 22.7 Å². The molecule has 0 unspecified atom stereocenters. The Hall–Kier alpha value is -2.70. The van der Waals surface area contributed by atoms with Crippen molar-refractivity contribution in [3.63, 3.8) is 0 Å². The third-order valence-corrected chi connectivity index (χ3v) is 2.44. The van der Waals surface area contributed by atoms with E-state index in [9.17, 15) is 18.0 Å². The Labute approximate surface area is 118 Å².